The second kappa shape index (κ2) is 9.28. The third-order valence-electron chi connectivity index (χ3n) is 6.97. The van der Waals surface area contributed by atoms with Crippen LogP contribution in [0, 0.1) is 12.8 Å². The smallest absolute Gasteiger partial charge is 0.276 e. The standard InChI is InChI=1S/C29H28N6O2/c1-17-3-8-22(32-29(37)25-16-26(18-4-5-18)35(2)34-25)15-23(17)24-13-20(9-11-30-24)21-10-12-31-27(14-21)33-28(36)19-6-7-19/h3,8-16,18-19H,4-7H2,1-2H3,(H,32,37)(H,31,33,36). The minimum Gasteiger partial charge on any atom is -0.321 e. The Balaban J connectivity index is 1.23. The van der Waals surface area contributed by atoms with Crippen LogP contribution in [0.3, 0.4) is 0 Å². The number of carbonyl (C=O) groups excluding carboxylic acids is 2. The monoisotopic (exact) mass is 492 g/mol. The number of anilines is 2. The highest BCUT2D eigenvalue weighted by molar-refractivity contribution is 6.03. The Hall–Kier alpha value is -4.33. The first-order valence-electron chi connectivity index (χ1n) is 12.6. The summed E-state index contributed by atoms with van der Waals surface area (Å²) in [5.41, 5.74) is 6.89. The highest BCUT2D eigenvalue weighted by Gasteiger charge is 2.30. The van der Waals surface area contributed by atoms with Gasteiger partial charge in [-0.3, -0.25) is 19.3 Å². The van der Waals surface area contributed by atoms with Gasteiger partial charge in [0.15, 0.2) is 5.69 Å². The zero-order valence-corrected chi connectivity index (χ0v) is 20.9. The molecule has 0 unspecified atom stereocenters. The highest BCUT2D eigenvalue weighted by atomic mass is 16.2. The van der Waals surface area contributed by atoms with Crippen LogP contribution in [-0.2, 0) is 11.8 Å². The molecule has 0 aliphatic heterocycles. The molecule has 37 heavy (non-hydrogen) atoms. The number of benzene rings is 1. The van der Waals surface area contributed by atoms with Gasteiger partial charge in [0.25, 0.3) is 5.91 Å². The van der Waals surface area contributed by atoms with Crippen molar-refractivity contribution in [3.8, 4) is 22.4 Å². The van der Waals surface area contributed by atoms with Gasteiger partial charge in [0, 0.05) is 48.2 Å². The van der Waals surface area contributed by atoms with Crippen LogP contribution < -0.4 is 10.6 Å². The summed E-state index contributed by atoms with van der Waals surface area (Å²) in [6.07, 6.45) is 7.67. The Kier molecular flexibility index (Phi) is 5.79. The highest BCUT2D eigenvalue weighted by Crippen LogP contribution is 2.40. The number of rotatable bonds is 7. The van der Waals surface area contributed by atoms with E-state index in [9.17, 15) is 9.59 Å². The van der Waals surface area contributed by atoms with Crippen LogP contribution in [-0.4, -0.2) is 31.6 Å². The predicted octanol–water partition coefficient (Wildman–Crippen LogP) is 5.33. The molecule has 2 aliphatic carbocycles. The maximum absolute atomic E-state index is 12.9. The van der Waals surface area contributed by atoms with E-state index in [0.717, 1.165) is 59.3 Å². The fourth-order valence-corrected chi connectivity index (χ4v) is 4.53. The Bertz CT molecular complexity index is 1520. The topological polar surface area (TPSA) is 102 Å². The van der Waals surface area contributed by atoms with Crippen molar-refractivity contribution in [1.82, 2.24) is 19.7 Å². The molecule has 8 nitrogen and oxygen atoms in total. The van der Waals surface area contributed by atoms with Crippen LogP contribution >= 0.6 is 0 Å². The Labute approximate surface area is 215 Å². The van der Waals surface area contributed by atoms with Gasteiger partial charge < -0.3 is 10.6 Å². The number of aromatic nitrogens is 4. The molecule has 0 spiro atoms. The number of hydrogen-bond donors (Lipinski definition) is 2. The van der Waals surface area contributed by atoms with Crippen LogP contribution in [0.4, 0.5) is 11.5 Å². The number of aryl methyl sites for hydroxylation is 2. The normalized spacial score (nSPS) is 14.9. The van der Waals surface area contributed by atoms with Gasteiger partial charge in [-0.2, -0.15) is 5.10 Å². The molecule has 186 valence electrons. The van der Waals surface area contributed by atoms with Crippen molar-refractivity contribution >= 4 is 23.3 Å². The van der Waals surface area contributed by atoms with Crippen LogP contribution in [0.1, 0.15) is 53.3 Å². The first-order chi connectivity index (χ1) is 17.9. The Morgan fingerprint density at radius 3 is 2.41 bits per heavy atom. The van der Waals surface area contributed by atoms with Crippen molar-refractivity contribution in [2.45, 2.75) is 38.5 Å². The summed E-state index contributed by atoms with van der Waals surface area (Å²) in [6.45, 7) is 2.02. The first kappa shape index (κ1) is 23.1. The predicted molar refractivity (Wildman–Crippen MR) is 142 cm³/mol. The molecule has 0 saturated heterocycles. The average molecular weight is 493 g/mol. The summed E-state index contributed by atoms with van der Waals surface area (Å²) in [4.78, 5) is 34.0. The van der Waals surface area contributed by atoms with Crippen molar-refractivity contribution in [2.24, 2.45) is 13.0 Å². The molecule has 2 aliphatic rings. The number of hydrogen-bond acceptors (Lipinski definition) is 5. The fourth-order valence-electron chi connectivity index (χ4n) is 4.53. The Morgan fingerprint density at radius 1 is 0.892 bits per heavy atom. The third kappa shape index (κ3) is 5.00. The van der Waals surface area contributed by atoms with E-state index in [1.165, 1.54) is 0 Å². The summed E-state index contributed by atoms with van der Waals surface area (Å²) in [6, 6.07) is 15.4. The van der Waals surface area contributed by atoms with Gasteiger partial charge in [-0.1, -0.05) is 6.07 Å². The van der Waals surface area contributed by atoms with E-state index in [1.807, 2.05) is 67.2 Å². The van der Waals surface area contributed by atoms with Gasteiger partial charge in [-0.05, 0) is 91.8 Å². The molecule has 0 atom stereocenters. The van der Waals surface area contributed by atoms with Crippen molar-refractivity contribution < 1.29 is 9.59 Å². The number of nitrogens with zero attached hydrogens (tertiary/aromatic N) is 4. The molecule has 2 N–H and O–H groups in total. The number of amides is 2. The molecule has 0 bridgehead atoms. The van der Waals surface area contributed by atoms with Crippen molar-refractivity contribution in [2.75, 3.05) is 10.6 Å². The number of carbonyl (C=O) groups is 2. The zero-order chi connectivity index (χ0) is 25.5. The van der Waals surface area contributed by atoms with Gasteiger partial charge in [0.1, 0.15) is 5.82 Å². The van der Waals surface area contributed by atoms with Crippen LogP contribution in [0.15, 0.2) is 60.9 Å². The maximum Gasteiger partial charge on any atom is 0.276 e. The second-order valence-corrected chi connectivity index (χ2v) is 9.96. The van der Waals surface area contributed by atoms with Gasteiger partial charge in [0.05, 0.1) is 5.69 Å². The lowest BCUT2D eigenvalue weighted by Gasteiger charge is -2.11. The largest absolute Gasteiger partial charge is 0.321 e. The van der Waals surface area contributed by atoms with Crippen LogP contribution in [0.5, 0.6) is 0 Å². The number of pyridine rings is 2. The molecule has 4 aromatic rings. The van der Waals surface area contributed by atoms with Crippen LogP contribution in [0.2, 0.25) is 0 Å². The van der Waals surface area contributed by atoms with Crippen molar-refractivity contribution in [3.63, 3.8) is 0 Å². The van der Waals surface area contributed by atoms with Gasteiger partial charge >= 0.3 is 0 Å². The molecule has 1 aromatic carbocycles. The summed E-state index contributed by atoms with van der Waals surface area (Å²) in [5.74, 6) is 0.995. The molecule has 3 aromatic heterocycles. The van der Waals surface area contributed by atoms with E-state index < -0.39 is 0 Å². The second-order valence-electron chi connectivity index (χ2n) is 9.96. The molecular weight excluding hydrogens is 464 g/mol. The summed E-state index contributed by atoms with van der Waals surface area (Å²) in [7, 11) is 1.89. The first-order valence-corrected chi connectivity index (χ1v) is 12.6. The van der Waals surface area contributed by atoms with E-state index in [-0.39, 0.29) is 17.7 Å². The molecule has 2 amide bonds. The van der Waals surface area contributed by atoms with E-state index in [2.05, 4.69) is 25.7 Å². The van der Waals surface area contributed by atoms with E-state index >= 15 is 0 Å². The van der Waals surface area contributed by atoms with E-state index in [0.29, 0.717) is 23.1 Å². The molecule has 0 radical (unpaired) electrons. The van der Waals surface area contributed by atoms with Crippen LogP contribution in [0.25, 0.3) is 22.4 Å². The Morgan fingerprint density at radius 2 is 1.65 bits per heavy atom. The van der Waals surface area contributed by atoms with E-state index in [4.69, 9.17) is 0 Å². The molecule has 8 heteroatoms. The zero-order valence-electron chi connectivity index (χ0n) is 20.9. The summed E-state index contributed by atoms with van der Waals surface area (Å²) < 4.78 is 1.81. The lowest BCUT2D eigenvalue weighted by molar-refractivity contribution is -0.117. The minimum atomic E-state index is -0.225. The van der Waals surface area contributed by atoms with Gasteiger partial charge in [-0.25, -0.2) is 4.98 Å². The van der Waals surface area contributed by atoms with Crippen molar-refractivity contribution in [3.05, 3.63) is 77.9 Å². The lowest BCUT2D eigenvalue weighted by atomic mass is 10.0. The minimum absolute atomic E-state index is 0.0315. The molecule has 2 saturated carbocycles. The molecule has 3 heterocycles. The number of nitrogens with one attached hydrogen (secondary N) is 2. The molecule has 6 rings (SSSR count). The van der Waals surface area contributed by atoms with Gasteiger partial charge in [-0.15, -0.1) is 0 Å². The van der Waals surface area contributed by atoms with Gasteiger partial charge in [0.2, 0.25) is 5.91 Å². The lowest BCUT2D eigenvalue weighted by Crippen LogP contribution is -2.14. The third-order valence-corrected chi connectivity index (χ3v) is 6.97. The van der Waals surface area contributed by atoms with E-state index in [1.54, 1.807) is 12.4 Å². The summed E-state index contributed by atoms with van der Waals surface area (Å²) >= 11 is 0. The quantitative estimate of drug-likeness (QED) is 0.363. The van der Waals surface area contributed by atoms with Crippen molar-refractivity contribution in [1.29, 1.82) is 0 Å². The fraction of sp³-hybridized carbons (Fsp3) is 0.276. The molecular formula is C29H28N6O2. The summed E-state index contributed by atoms with van der Waals surface area (Å²) in [5, 5.41) is 10.3. The SMILES string of the molecule is Cc1ccc(NC(=O)c2cc(C3CC3)n(C)n2)cc1-c1cc(-c2ccnc(NC(=O)C3CC3)c2)ccn1. The molecule has 2 fully saturated rings. The average Bonchev–Trinajstić information content (AvgIpc) is 3.83. The maximum atomic E-state index is 12.9.